The van der Waals surface area contributed by atoms with Gasteiger partial charge < -0.3 is 15.0 Å². The second-order valence-electron chi connectivity index (χ2n) is 7.44. The Morgan fingerprint density at radius 3 is 2.71 bits per heavy atom. The number of aliphatic hydroxyl groups excluding tert-OH is 1. The molecule has 1 aliphatic rings. The average molecular weight is 419 g/mol. The van der Waals surface area contributed by atoms with Crippen LogP contribution in [0.1, 0.15) is 36.9 Å². The molecule has 2 N–H and O–H groups in total. The van der Waals surface area contributed by atoms with E-state index in [1.165, 1.54) is 29.2 Å². The molecule has 8 heteroatoms. The molecule has 4 rings (SSSR count). The van der Waals surface area contributed by atoms with Gasteiger partial charge in [-0.3, -0.25) is 19.7 Å². The van der Waals surface area contributed by atoms with Gasteiger partial charge in [-0.1, -0.05) is 43.7 Å². The first-order chi connectivity index (χ1) is 14.9. The van der Waals surface area contributed by atoms with E-state index >= 15 is 0 Å². The Kier molecular flexibility index (Phi) is 5.29. The van der Waals surface area contributed by atoms with Crippen LogP contribution in [0.15, 0.2) is 60.3 Å². The highest BCUT2D eigenvalue weighted by Crippen LogP contribution is 2.42. The number of benzene rings is 2. The number of aliphatic hydroxyl groups is 1. The van der Waals surface area contributed by atoms with E-state index in [9.17, 15) is 24.8 Å². The van der Waals surface area contributed by atoms with Crippen molar-refractivity contribution in [2.24, 2.45) is 0 Å². The number of amides is 1. The number of nitro groups is 1. The van der Waals surface area contributed by atoms with E-state index < -0.39 is 28.4 Å². The monoisotopic (exact) mass is 419 g/mol. The summed E-state index contributed by atoms with van der Waals surface area (Å²) >= 11 is 0. The highest BCUT2D eigenvalue weighted by Gasteiger charge is 2.46. The fourth-order valence-corrected chi connectivity index (χ4v) is 4.00. The minimum atomic E-state index is -0.796. The number of para-hydroxylation sites is 1. The molecule has 1 saturated heterocycles. The van der Waals surface area contributed by atoms with Crippen molar-refractivity contribution in [2.45, 2.75) is 25.8 Å². The van der Waals surface area contributed by atoms with Crippen molar-refractivity contribution >= 4 is 34.0 Å². The third-order valence-electron chi connectivity index (χ3n) is 5.54. The molecule has 3 aromatic rings. The number of carbonyl (C=O) groups excluding carboxylic acids is 2. The summed E-state index contributed by atoms with van der Waals surface area (Å²) < 4.78 is 0. The van der Waals surface area contributed by atoms with E-state index in [2.05, 4.69) is 4.98 Å². The Morgan fingerprint density at radius 2 is 1.97 bits per heavy atom. The number of H-pyrrole nitrogens is 1. The minimum absolute atomic E-state index is 0.0636. The molecule has 2 heterocycles. The van der Waals surface area contributed by atoms with Crippen LogP contribution in [0, 0.1) is 10.1 Å². The summed E-state index contributed by atoms with van der Waals surface area (Å²) in [5.74, 6) is -1.90. The molecule has 1 aromatic heterocycles. The van der Waals surface area contributed by atoms with E-state index in [1.54, 1.807) is 6.20 Å². The zero-order valence-electron chi connectivity index (χ0n) is 16.9. The number of ketones is 1. The maximum Gasteiger partial charge on any atom is 0.295 e. The molecular weight excluding hydrogens is 398 g/mol. The Bertz CT molecular complexity index is 1230. The number of fused-ring (bicyclic) bond motifs is 1. The van der Waals surface area contributed by atoms with Gasteiger partial charge in [0.25, 0.3) is 17.4 Å². The van der Waals surface area contributed by atoms with Gasteiger partial charge in [0.1, 0.15) is 5.76 Å². The number of aromatic nitrogens is 1. The molecule has 0 radical (unpaired) electrons. The Hall–Kier alpha value is -3.94. The SMILES string of the molecule is CCCCN1C(=O)C(=O)/C(=C(/O)c2cccc([N+](=O)[O-])c2)C1c1c[nH]c2ccccc12. The lowest BCUT2D eigenvalue weighted by Gasteiger charge is -2.24. The summed E-state index contributed by atoms with van der Waals surface area (Å²) in [5, 5.41) is 23.0. The summed E-state index contributed by atoms with van der Waals surface area (Å²) in [6.45, 7) is 2.34. The highest BCUT2D eigenvalue weighted by atomic mass is 16.6. The van der Waals surface area contributed by atoms with E-state index in [0.717, 1.165) is 17.3 Å². The van der Waals surface area contributed by atoms with Crippen LogP contribution in [-0.4, -0.2) is 38.1 Å². The molecule has 0 bridgehead atoms. The number of nitrogens with zero attached hydrogens (tertiary/aromatic N) is 2. The lowest BCUT2D eigenvalue weighted by atomic mass is 9.94. The fourth-order valence-electron chi connectivity index (χ4n) is 4.00. The van der Waals surface area contributed by atoms with Crippen LogP contribution < -0.4 is 0 Å². The van der Waals surface area contributed by atoms with Crippen molar-refractivity contribution in [2.75, 3.05) is 6.54 Å². The average Bonchev–Trinajstić information content (AvgIpc) is 3.31. The second kappa shape index (κ2) is 8.06. The number of non-ortho nitro benzene ring substituents is 1. The van der Waals surface area contributed by atoms with Crippen molar-refractivity contribution in [1.29, 1.82) is 0 Å². The quantitative estimate of drug-likeness (QED) is 0.203. The largest absolute Gasteiger partial charge is 0.507 e. The van der Waals surface area contributed by atoms with Crippen LogP contribution in [0.5, 0.6) is 0 Å². The van der Waals surface area contributed by atoms with Crippen LogP contribution in [0.25, 0.3) is 16.7 Å². The van der Waals surface area contributed by atoms with E-state index in [4.69, 9.17) is 0 Å². The number of hydrogen-bond acceptors (Lipinski definition) is 5. The first-order valence-electron chi connectivity index (χ1n) is 10.0. The van der Waals surface area contributed by atoms with E-state index in [-0.39, 0.29) is 16.8 Å². The molecule has 1 atom stereocenters. The predicted octanol–water partition coefficient (Wildman–Crippen LogP) is 4.30. The van der Waals surface area contributed by atoms with Gasteiger partial charge in [-0.05, 0) is 12.5 Å². The van der Waals surface area contributed by atoms with Gasteiger partial charge in [-0.25, -0.2) is 0 Å². The summed E-state index contributed by atoms with van der Waals surface area (Å²) in [5.41, 5.74) is 1.37. The standard InChI is InChI=1S/C23H21N3O5/c1-2-3-11-25-20(17-13-24-18-10-5-4-9-16(17)18)19(22(28)23(25)29)21(27)14-7-6-8-15(12-14)26(30)31/h4-10,12-13,20,24,27H,2-3,11H2,1H3/b21-19+. The lowest BCUT2D eigenvalue weighted by Crippen LogP contribution is -2.30. The van der Waals surface area contributed by atoms with Crippen molar-refractivity contribution in [3.05, 3.63) is 81.5 Å². The molecule has 31 heavy (non-hydrogen) atoms. The maximum atomic E-state index is 13.0. The zero-order chi connectivity index (χ0) is 22.1. The highest BCUT2D eigenvalue weighted by molar-refractivity contribution is 6.46. The molecular formula is C23H21N3O5. The van der Waals surface area contributed by atoms with Gasteiger partial charge in [-0.2, -0.15) is 0 Å². The number of carbonyl (C=O) groups is 2. The van der Waals surface area contributed by atoms with Crippen molar-refractivity contribution < 1.29 is 19.6 Å². The number of Topliss-reactive ketones (excluding diaryl/α,β-unsaturated/α-hetero) is 1. The van der Waals surface area contributed by atoms with Gasteiger partial charge >= 0.3 is 0 Å². The Morgan fingerprint density at radius 1 is 1.19 bits per heavy atom. The van der Waals surface area contributed by atoms with E-state index in [0.29, 0.717) is 18.5 Å². The first kappa shape index (κ1) is 20.3. The number of rotatable bonds is 6. The van der Waals surface area contributed by atoms with E-state index in [1.807, 2.05) is 31.2 Å². The number of nitro benzene ring substituents is 1. The van der Waals surface area contributed by atoms with Crippen molar-refractivity contribution in [3.63, 3.8) is 0 Å². The number of unbranched alkanes of at least 4 members (excludes halogenated alkanes) is 1. The van der Waals surface area contributed by atoms with Crippen LogP contribution in [0.3, 0.4) is 0 Å². The number of aromatic amines is 1. The second-order valence-corrected chi connectivity index (χ2v) is 7.44. The maximum absolute atomic E-state index is 13.0. The third kappa shape index (κ3) is 3.46. The zero-order valence-corrected chi connectivity index (χ0v) is 16.9. The molecule has 1 aliphatic heterocycles. The topological polar surface area (TPSA) is 117 Å². The molecule has 0 spiro atoms. The summed E-state index contributed by atoms with van der Waals surface area (Å²) in [6, 6.07) is 12.1. The lowest BCUT2D eigenvalue weighted by molar-refractivity contribution is -0.384. The number of hydrogen-bond donors (Lipinski definition) is 2. The number of likely N-dealkylation sites (tertiary alicyclic amines) is 1. The van der Waals surface area contributed by atoms with Gasteiger partial charge in [0.15, 0.2) is 0 Å². The van der Waals surface area contributed by atoms with Crippen LogP contribution >= 0.6 is 0 Å². The summed E-state index contributed by atoms with van der Waals surface area (Å²) in [4.78, 5) is 41.1. The molecule has 1 fully saturated rings. The van der Waals surface area contributed by atoms with Crippen molar-refractivity contribution in [1.82, 2.24) is 9.88 Å². The van der Waals surface area contributed by atoms with Gasteiger partial charge in [0.05, 0.1) is 16.5 Å². The minimum Gasteiger partial charge on any atom is -0.507 e. The number of nitrogens with one attached hydrogen (secondary N) is 1. The molecule has 158 valence electrons. The van der Waals surface area contributed by atoms with Gasteiger partial charge in [-0.15, -0.1) is 0 Å². The summed E-state index contributed by atoms with van der Waals surface area (Å²) in [7, 11) is 0. The molecule has 0 saturated carbocycles. The molecule has 2 aromatic carbocycles. The van der Waals surface area contributed by atoms with Gasteiger partial charge in [0, 0.05) is 46.9 Å². The normalized spacial score (nSPS) is 18.1. The van der Waals surface area contributed by atoms with Crippen LogP contribution in [0.4, 0.5) is 5.69 Å². The molecule has 0 aliphatic carbocycles. The third-order valence-corrected chi connectivity index (χ3v) is 5.54. The summed E-state index contributed by atoms with van der Waals surface area (Å²) in [6.07, 6.45) is 3.26. The molecule has 1 unspecified atom stereocenters. The molecule has 8 nitrogen and oxygen atoms in total. The fraction of sp³-hybridized carbons (Fsp3) is 0.217. The first-order valence-corrected chi connectivity index (χ1v) is 10.0. The Labute approximate surface area is 177 Å². The molecule has 1 amide bonds. The van der Waals surface area contributed by atoms with Crippen LogP contribution in [0.2, 0.25) is 0 Å². The smallest absolute Gasteiger partial charge is 0.295 e. The predicted molar refractivity (Wildman–Crippen MR) is 115 cm³/mol. The van der Waals surface area contributed by atoms with Crippen molar-refractivity contribution in [3.8, 4) is 0 Å². The van der Waals surface area contributed by atoms with Crippen LogP contribution in [-0.2, 0) is 9.59 Å². The Balaban J connectivity index is 1.93. The van der Waals surface area contributed by atoms with Gasteiger partial charge in [0.2, 0.25) is 0 Å².